The van der Waals surface area contributed by atoms with Crippen molar-refractivity contribution < 1.29 is 14.3 Å². The molecule has 1 heterocycles. The predicted molar refractivity (Wildman–Crippen MR) is 61.4 cm³/mol. The average Bonchev–Trinajstić information content (AvgIpc) is 2.63. The molecule has 0 fully saturated rings. The third-order valence-corrected chi connectivity index (χ3v) is 3.33. The molecule has 0 aliphatic carbocycles. The summed E-state index contributed by atoms with van der Waals surface area (Å²) >= 11 is 1.47. The molecule has 0 saturated carbocycles. The maximum absolute atomic E-state index is 13.3. The molecule has 2 rings (SSSR count). The molecule has 0 spiro atoms. The van der Waals surface area contributed by atoms with Crippen LogP contribution in [0.15, 0.2) is 29.6 Å². The van der Waals surface area contributed by atoms with E-state index in [-0.39, 0.29) is 5.56 Å². The molecule has 2 aromatic rings. The van der Waals surface area contributed by atoms with Crippen LogP contribution in [0.3, 0.4) is 0 Å². The smallest absolute Gasteiger partial charge is 0.335 e. The van der Waals surface area contributed by atoms with Crippen molar-refractivity contribution in [2.24, 2.45) is 0 Å². The van der Waals surface area contributed by atoms with Gasteiger partial charge in [-0.2, -0.15) is 0 Å². The molecule has 1 aromatic heterocycles. The molecule has 82 valence electrons. The third kappa shape index (κ3) is 1.97. The van der Waals surface area contributed by atoms with E-state index < -0.39 is 11.8 Å². The minimum absolute atomic E-state index is 0.0252. The Kier molecular flexibility index (Phi) is 2.75. The third-order valence-electron chi connectivity index (χ3n) is 2.27. The summed E-state index contributed by atoms with van der Waals surface area (Å²) in [6.45, 7) is 1.91. The number of hydrogen-bond donors (Lipinski definition) is 1. The summed E-state index contributed by atoms with van der Waals surface area (Å²) in [6.07, 6.45) is 0. The van der Waals surface area contributed by atoms with Crippen LogP contribution in [0.2, 0.25) is 0 Å². The average molecular weight is 236 g/mol. The second-order valence-electron chi connectivity index (χ2n) is 3.47. The van der Waals surface area contributed by atoms with Gasteiger partial charge in [-0.15, -0.1) is 11.3 Å². The van der Waals surface area contributed by atoms with Crippen molar-refractivity contribution in [1.82, 2.24) is 0 Å². The quantitative estimate of drug-likeness (QED) is 0.865. The fourth-order valence-corrected chi connectivity index (χ4v) is 2.43. The molecule has 0 saturated heterocycles. The molecule has 1 N–H and O–H groups in total. The normalized spacial score (nSPS) is 10.4. The van der Waals surface area contributed by atoms with Crippen molar-refractivity contribution >= 4 is 17.3 Å². The van der Waals surface area contributed by atoms with Gasteiger partial charge in [-0.05, 0) is 47.7 Å². The van der Waals surface area contributed by atoms with Crippen LogP contribution in [-0.4, -0.2) is 11.1 Å². The highest BCUT2D eigenvalue weighted by molar-refractivity contribution is 7.13. The van der Waals surface area contributed by atoms with E-state index in [1.54, 1.807) is 0 Å². The van der Waals surface area contributed by atoms with Gasteiger partial charge in [0.2, 0.25) is 0 Å². The van der Waals surface area contributed by atoms with Crippen LogP contribution >= 0.6 is 11.3 Å². The van der Waals surface area contributed by atoms with Gasteiger partial charge in [0.25, 0.3) is 0 Å². The lowest BCUT2D eigenvalue weighted by molar-refractivity contribution is 0.0696. The summed E-state index contributed by atoms with van der Waals surface area (Å²) in [7, 11) is 0. The number of thiophene rings is 1. The van der Waals surface area contributed by atoms with E-state index in [4.69, 9.17) is 5.11 Å². The minimum Gasteiger partial charge on any atom is -0.478 e. The van der Waals surface area contributed by atoms with E-state index in [0.29, 0.717) is 5.56 Å². The first-order valence-corrected chi connectivity index (χ1v) is 5.54. The Morgan fingerprint density at radius 2 is 2.12 bits per heavy atom. The monoisotopic (exact) mass is 236 g/mol. The number of halogens is 1. The molecule has 0 unspecified atom stereocenters. The van der Waals surface area contributed by atoms with E-state index in [9.17, 15) is 9.18 Å². The van der Waals surface area contributed by atoms with E-state index in [1.165, 1.54) is 23.5 Å². The maximum atomic E-state index is 13.3. The molecular weight excluding hydrogens is 227 g/mol. The van der Waals surface area contributed by atoms with Crippen LogP contribution in [0.5, 0.6) is 0 Å². The zero-order chi connectivity index (χ0) is 11.7. The van der Waals surface area contributed by atoms with E-state index >= 15 is 0 Å². The number of hydrogen-bond acceptors (Lipinski definition) is 2. The summed E-state index contributed by atoms with van der Waals surface area (Å²) < 4.78 is 13.3. The number of benzene rings is 1. The van der Waals surface area contributed by atoms with Crippen molar-refractivity contribution in [3.8, 4) is 10.4 Å². The Hall–Kier alpha value is -1.68. The molecule has 0 atom stereocenters. The van der Waals surface area contributed by atoms with Gasteiger partial charge in [0.1, 0.15) is 5.82 Å². The van der Waals surface area contributed by atoms with Gasteiger partial charge in [-0.3, -0.25) is 0 Å². The second kappa shape index (κ2) is 4.06. The Morgan fingerprint density at radius 3 is 2.69 bits per heavy atom. The Balaban J connectivity index is 2.58. The SMILES string of the molecule is Cc1ccsc1-c1cc(F)cc(C(=O)O)c1. The number of carbonyl (C=O) groups is 1. The summed E-state index contributed by atoms with van der Waals surface area (Å²) in [4.78, 5) is 11.7. The molecule has 1 aromatic carbocycles. The van der Waals surface area contributed by atoms with Crippen LogP contribution in [-0.2, 0) is 0 Å². The molecule has 16 heavy (non-hydrogen) atoms. The Morgan fingerprint density at radius 1 is 1.38 bits per heavy atom. The van der Waals surface area contributed by atoms with Gasteiger partial charge in [-0.25, -0.2) is 9.18 Å². The van der Waals surface area contributed by atoms with Gasteiger partial charge < -0.3 is 5.11 Å². The van der Waals surface area contributed by atoms with Gasteiger partial charge in [0.15, 0.2) is 0 Å². The van der Waals surface area contributed by atoms with Crippen LogP contribution in [0.4, 0.5) is 4.39 Å². The Labute approximate surface area is 96.0 Å². The lowest BCUT2D eigenvalue weighted by atomic mass is 10.1. The topological polar surface area (TPSA) is 37.3 Å². The van der Waals surface area contributed by atoms with E-state index in [1.807, 2.05) is 18.4 Å². The maximum Gasteiger partial charge on any atom is 0.335 e. The van der Waals surface area contributed by atoms with Gasteiger partial charge in [0, 0.05) is 4.88 Å². The summed E-state index contributed by atoms with van der Waals surface area (Å²) in [6, 6.07) is 5.79. The van der Waals surface area contributed by atoms with Crippen molar-refractivity contribution in [1.29, 1.82) is 0 Å². The number of aryl methyl sites for hydroxylation is 1. The van der Waals surface area contributed by atoms with Gasteiger partial charge in [-0.1, -0.05) is 0 Å². The van der Waals surface area contributed by atoms with E-state index in [0.717, 1.165) is 16.5 Å². The molecular formula is C12H9FO2S. The van der Waals surface area contributed by atoms with E-state index in [2.05, 4.69) is 0 Å². The zero-order valence-corrected chi connectivity index (χ0v) is 9.34. The van der Waals surface area contributed by atoms with Crippen molar-refractivity contribution in [3.05, 3.63) is 46.6 Å². The first-order chi connectivity index (χ1) is 7.58. The number of carboxylic acid groups (broad SMARTS) is 1. The summed E-state index contributed by atoms with van der Waals surface area (Å²) in [5.41, 5.74) is 1.61. The molecule has 0 aliphatic rings. The number of rotatable bonds is 2. The first-order valence-electron chi connectivity index (χ1n) is 4.66. The zero-order valence-electron chi connectivity index (χ0n) is 8.53. The van der Waals surface area contributed by atoms with Crippen LogP contribution in [0, 0.1) is 12.7 Å². The minimum atomic E-state index is -1.12. The predicted octanol–water partition coefficient (Wildman–Crippen LogP) is 3.56. The first kappa shape index (κ1) is 10.8. The molecule has 0 bridgehead atoms. The van der Waals surface area contributed by atoms with Gasteiger partial charge in [0.05, 0.1) is 5.56 Å². The molecule has 2 nitrogen and oxygen atoms in total. The lowest BCUT2D eigenvalue weighted by Crippen LogP contribution is -1.97. The number of aromatic carboxylic acids is 1. The fraction of sp³-hybridized carbons (Fsp3) is 0.0833. The van der Waals surface area contributed by atoms with Crippen LogP contribution < -0.4 is 0 Å². The standard InChI is InChI=1S/C12H9FO2S/c1-7-2-3-16-11(7)8-4-9(12(14)15)6-10(13)5-8/h2-6H,1H3,(H,14,15). The highest BCUT2D eigenvalue weighted by Crippen LogP contribution is 2.30. The molecule has 0 radical (unpaired) electrons. The van der Waals surface area contributed by atoms with Crippen LogP contribution in [0.1, 0.15) is 15.9 Å². The second-order valence-corrected chi connectivity index (χ2v) is 4.38. The summed E-state index contributed by atoms with van der Waals surface area (Å²) in [5.74, 6) is -1.64. The van der Waals surface area contributed by atoms with Crippen molar-refractivity contribution in [2.45, 2.75) is 6.92 Å². The number of carboxylic acids is 1. The highest BCUT2D eigenvalue weighted by atomic mass is 32.1. The lowest BCUT2D eigenvalue weighted by Gasteiger charge is -2.02. The fourth-order valence-electron chi connectivity index (χ4n) is 1.51. The molecule has 0 amide bonds. The summed E-state index contributed by atoms with van der Waals surface area (Å²) in [5, 5.41) is 10.7. The highest BCUT2D eigenvalue weighted by Gasteiger charge is 2.10. The van der Waals surface area contributed by atoms with Crippen molar-refractivity contribution in [2.75, 3.05) is 0 Å². The molecule has 0 aliphatic heterocycles. The van der Waals surface area contributed by atoms with Crippen LogP contribution in [0.25, 0.3) is 10.4 Å². The Bertz CT molecular complexity index is 546. The van der Waals surface area contributed by atoms with Crippen molar-refractivity contribution in [3.63, 3.8) is 0 Å². The van der Waals surface area contributed by atoms with Gasteiger partial charge >= 0.3 is 5.97 Å². The largest absolute Gasteiger partial charge is 0.478 e. The molecule has 4 heteroatoms.